The van der Waals surface area contributed by atoms with Crippen molar-refractivity contribution in [2.45, 2.75) is 45.4 Å². The summed E-state index contributed by atoms with van der Waals surface area (Å²) in [6.07, 6.45) is -0.0481. The van der Waals surface area contributed by atoms with Gasteiger partial charge in [-0.1, -0.05) is 29.4 Å². The van der Waals surface area contributed by atoms with E-state index in [4.69, 9.17) is 4.52 Å². The van der Waals surface area contributed by atoms with Crippen molar-refractivity contribution >= 4 is 6.03 Å². The van der Waals surface area contributed by atoms with Gasteiger partial charge in [0.05, 0.1) is 23.9 Å². The van der Waals surface area contributed by atoms with Crippen LogP contribution in [-0.2, 0) is 6.42 Å². The van der Waals surface area contributed by atoms with Crippen molar-refractivity contribution in [1.82, 2.24) is 15.8 Å². The highest BCUT2D eigenvalue weighted by molar-refractivity contribution is 5.75. The number of hydrogen-bond acceptors (Lipinski definition) is 4. The Bertz CT molecular complexity index is 706. The van der Waals surface area contributed by atoms with Crippen LogP contribution in [0.2, 0.25) is 0 Å². The maximum atomic E-state index is 12.3. The molecule has 1 heterocycles. The number of aliphatic hydroxyl groups excluding tert-OH is 1. The Kier molecular flexibility index (Phi) is 4.09. The number of fused-ring (bicyclic) bond motifs is 1. The van der Waals surface area contributed by atoms with Gasteiger partial charge in [-0.05, 0) is 31.9 Å². The monoisotopic (exact) mass is 315 g/mol. The summed E-state index contributed by atoms with van der Waals surface area (Å²) in [5, 5.41) is 19.8. The predicted octanol–water partition coefficient (Wildman–Crippen LogP) is 2.31. The van der Waals surface area contributed by atoms with Gasteiger partial charge >= 0.3 is 6.03 Å². The highest BCUT2D eigenvalue weighted by Gasteiger charge is 2.32. The van der Waals surface area contributed by atoms with Gasteiger partial charge in [0, 0.05) is 12.0 Å². The molecule has 3 rings (SSSR count). The largest absolute Gasteiger partial charge is 0.390 e. The molecular weight excluding hydrogens is 294 g/mol. The average molecular weight is 315 g/mol. The van der Waals surface area contributed by atoms with Gasteiger partial charge in [-0.15, -0.1) is 0 Å². The standard InChI is InChI=1S/C17H21N3O3/c1-9(15-10(2)20-23-11(15)3)18-17(22)19-16-13-7-5-4-6-12(13)8-14(16)21/h4-7,9,14,16,21H,8H2,1-3H3,(H2,18,19,22). The Labute approximate surface area is 134 Å². The van der Waals surface area contributed by atoms with Crippen LogP contribution in [0.4, 0.5) is 4.79 Å². The molecule has 6 nitrogen and oxygen atoms in total. The molecule has 1 aromatic carbocycles. The van der Waals surface area contributed by atoms with Crippen molar-refractivity contribution in [3.63, 3.8) is 0 Å². The van der Waals surface area contributed by atoms with Crippen LogP contribution in [0.1, 0.15) is 47.2 Å². The fraction of sp³-hybridized carbons (Fsp3) is 0.412. The molecule has 1 aliphatic carbocycles. The molecule has 0 spiro atoms. The molecule has 2 amide bonds. The van der Waals surface area contributed by atoms with E-state index in [0.717, 1.165) is 22.4 Å². The molecule has 0 fully saturated rings. The zero-order valence-electron chi connectivity index (χ0n) is 13.5. The van der Waals surface area contributed by atoms with Gasteiger partial charge in [-0.2, -0.15) is 0 Å². The van der Waals surface area contributed by atoms with Crippen LogP contribution in [0.3, 0.4) is 0 Å². The minimum absolute atomic E-state index is 0.227. The van der Waals surface area contributed by atoms with E-state index in [9.17, 15) is 9.90 Å². The van der Waals surface area contributed by atoms with Crippen molar-refractivity contribution in [3.8, 4) is 0 Å². The zero-order chi connectivity index (χ0) is 16.6. The number of benzene rings is 1. The summed E-state index contributed by atoms with van der Waals surface area (Å²) in [4.78, 5) is 12.3. The van der Waals surface area contributed by atoms with E-state index in [2.05, 4.69) is 15.8 Å². The summed E-state index contributed by atoms with van der Waals surface area (Å²) in [5.41, 5.74) is 3.69. The second-order valence-electron chi connectivity index (χ2n) is 6.03. The summed E-state index contributed by atoms with van der Waals surface area (Å²) >= 11 is 0. The van der Waals surface area contributed by atoms with E-state index >= 15 is 0 Å². The molecule has 0 radical (unpaired) electrons. The number of carbonyl (C=O) groups excluding carboxylic acids is 1. The van der Waals surface area contributed by atoms with E-state index in [1.54, 1.807) is 0 Å². The molecule has 0 saturated heterocycles. The molecule has 3 atom stereocenters. The minimum Gasteiger partial charge on any atom is -0.390 e. The number of nitrogens with zero attached hydrogens (tertiary/aromatic N) is 1. The van der Waals surface area contributed by atoms with Gasteiger partial charge in [0.2, 0.25) is 0 Å². The quantitative estimate of drug-likeness (QED) is 0.811. The van der Waals surface area contributed by atoms with E-state index in [1.165, 1.54) is 0 Å². The predicted molar refractivity (Wildman–Crippen MR) is 85.0 cm³/mol. The van der Waals surface area contributed by atoms with Crippen LogP contribution in [0.5, 0.6) is 0 Å². The van der Waals surface area contributed by atoms with Crippen LogP contribution in [0.25, 0.3) is 0 Å². The first kappa shape index (κ1) is 15.6. The number of aromatic nitrogens is 1. The second-order valence-corrected chi connectivity index (χ2v) is 6.03. The third kappa shape index (κ3) is 2.94. The number of nitrogens with one attached hydrogen (secondary N) is 2. The normalized spacial score (nSPS) is 20.9. The SMILES string of the molecule is Cc1noc(C)c1C(C)NC(=O)NC1c2ccccc2CC1O. The highest BCUT2D eigenvalue weighted by Crippen LogP contribution is 2.31. The van der Waals surface area contributed by atoms with E-state index in [0.29, 0.717) is 12.2 Å². The first-order valence-electron chi connectivity index (χ1n) is 7.73. The molecule has 1 aliphatic rings. The molecule has 0 saturated carbocycles. The van der Waals surface area contributed by atoms with Gasteiger partial charge in [0.1, 0.15) is 5.76 Å². The number of carbonyl (C=O) groups is 1. The van der Waals surface area contributed by atoms with Crippen LogP contribution in [-0.4, -0.2) is 22.4 Å². The van der Waals surface area contributed by atoms with Crippen molar-refractivity contribution in [3.05, 3.63) is 52.4 Å². The van der Waals surface area contributed by atoms with E-state index in [1.807, 2.05) is 45.0 Å². The Hall–Kier alpha value is -2.34. The lowest BCUT2D eigenvalue weighted by Gasteiger charge is -2.20. The lowest BCUT2D eigenvalue weighted by molar-refractivity contribution is 0.142. The molecule has 0 bridgehead atoms. The second kappa shape index (κ2) is 6.04. The van der Waals surface area contributed by atoms with Gasteiger partial charge in [0.15, 0.2) is 0 Å². The summed E-state index contributed by atoms with van der Waals surface area (Å²) in [6, 6.07) is 6.83. The first-order chi connectivity index (χ1) is 11.0. The molecule has 3 unspecified atom stereocenters. The molecule has 0 aliphatic heterocycles. The van der Waals surface area contributed by atoms with Crippen LogP contribution in [0, 0.1) is 13.8 Å². The summed E-state index contributed by atoms with van der Waals surface area (Å²) in [6.45, 7) is 5.55. The maximum Gasteiger partial charge on any atom is 0.315 e. The number of hydrogen-bond donors (Lipinski definition) is 3. The Morgan fingerprint density at radius 1 is 1.39 bits per heavy atom. The first-order valence-corrected chi connectivity index (χ1v) is 7.73. The fourth-order valence-corrected chi connectivity index (χ4v) is 3.31. The molecule has 122 valence electrons. The topological polar surface area (TPSA) is 87.4 Å². The summed E-state index contributed by atoms with van der Waals surface area (Å²) in [5.74, 6) is 0.696. The number of rotatable bonds is 3. The molecular formula is C17H21N3O3. The van der Waals surface area contributed by atoms with Crippen molar-refractivity contribution < 1.29 is 14.4 Å². The van der Waals surface area contributed by atoms with Crippen molar-refractivity contribution in [2.24, 2.45) is 0 Å². The minimum atomic E-state index is -0.604. The van der Waals surface area contributed by atoms with Crippen molar-refractivity contribution in [1.29, 1.82) is 0 Å². The number of aryl methyl sites for hydroxylation is 2. The zero-order valence-corrected chi connectivity index (χ0v) is 13.5. The lowest BCUT2D eigenvalue weighted by Crippen LogP contribution is -2.42. The average Bonchev–Trinajstić information content (AvgIpc) is 2.99. The molecule has 3 N–H and O–H groups in total. The maximum absolute atomic E-state index is 12.3. The van der Waals surface area contributed by atoms with Gasteiger partial charge < -0.3 is 20.3 Å². The lowest BCUT2D eigenvalue weighted by atomic mass is 10.1. The third-order valence-corrected chi connectivity index (χ3v) is 4.36. The van der Waals surface area contributed by atoms with Gasteiger partial charge in [-0.25, -0.2) is 4.79 Å². The molecule has 6 heteroatoms. The van der Waals surface area contributed by atoms with Crippen LogP contribution >= 0.6 is 0 Å². The Balaban J connectivity index is 1.68. The number of aliphatic hydroxyl groups is 1. The van der Waals surface area contributed by atoms with Gasteiger partial charge in [-0.3, -0.25) is 0 Å². The Morgan fingerprint density at radius 2 is 2.13 bits per heavy atom. The van der Waals surface area contributed by atoms with Crippen molar-refractivity contribution in [2.75, 3.05) is 0 Å². The van der Waals surface area contributed by atoms with Crippen LogP contribution in [0.15, 0.2) is 28.8 Å². The van der Waals surface area contributed by atoms with Crippen LogP contribution < -0.4 is 10.6 Å². The Morgan fingerprint density at radius 3 is 2.83 bits per heavy atom. The molecule has 1 aromatic heterocycles. The smallest absolute Gasteiger partial charge is 0.315 e. The van der Waals surface area contributed by atoms with E-state index < -0.39 is 6.10 Å². The molecule has 2 aromatic rings. The summed E-state index contributed by atoms with van der Waals surface area (Å²) < 4.78 is 5.13. The number of urea groups is 1. The summed E-state index contributed by atoms with van der Waals surface area (Å²) in [7, 11) is 0. The van der Waals surface area contributed by atoms with E-state index in [-0.39, 0.29) is 18.1 Å². The van der Waals surface area contributed by atoms with Gasteiger partial charge in [0.25, 0.3) is 0 Å². The third-order valence-electron chi connectivity index (χ3n) is 4.36. The molecule has 23 heavy (non-hydrogen) atoms. The highest BCUT2D eigenvalue weighted by atomic mass is 16.5. The fourth-order valence-electron chi connectivity index (χ4n) is 3.31. The number of amides is 2.